The Balaban J connectivity index is 1.38. The molecule has 1 aromatic carbocycles. The molecular formula is C22H27ClN6O6S2. The summed E-state index contributed by atoms with van der Waals surface area (Å²) in [5.74, 6) is 0.322. The third-order valence-electron chi connectivity index (χ3n) is 6.10. The zero-order valence-electron chi connectivity index (χ0n) is 19.9. The number of amides is 1. The lowest BCUT2D eigenvalue weighted by Crippen LogP contribution is -2.44. The molecule has 200 valence electrons. The highest BCUT2D eigenvalue weighted by molar-refractivity contribution is 8.13. The lowest BCUT2D eigenvalue weighted by atomic mass is 10.1. The minimum absolute atomic E-state index is 0.0166. The Bertz CT molecular complexity index is 1390. The molecule has 37 heavy (non-hydrogen) atoms. The summed E-state index contributed by atoms with van der Waals surface area (Å²) in [6.07, 6.45) is 6.11. The van der Waals surface area contributed by atoms with E-state index in [1.54, 1.807) is 24.4 Å². The van der Waals surface area contributed by atoms with Gasteiger partial charge in [0, 0.05) is 48.1 Å². The first-order valence-electron chi connectivity index (χ1n) is 11.4. The second kappa shape index (κ2) is 10.9. The van der Waals surface area contributed by atoms with Crippen LogP contribution < -0.4 is 15.5 Å². The third-order valence-corrected chi connectivity index (χ3v) is 8.77. The van der Waals surface area contributed by atoms with Gasteiger partial charge in [0.25, 0.3) is 9.05 Å². The zero-order valence-corrected chi connectivity index (χ0v) is 22.3. The van der Waals surface area contributed by atoms with E-state index in [0.717, 1.165) is 0 Å². The fourth-order valence-electron chi connectivity index (χ4n) is 4.08. The van der Waals surface area contributed by atoms with Gasteiger partial charge in [-0.2, -0.15) is 4.98 Å². The molecule has 2 aromatic rings. The Labute approximate surface area is 219 Å². The van der Waals surface area contributed by atoms with E-state index >= 15 is 0 Å². The molecule has 1 aromatic heterocycles. The number of piperidine rings is 1. The van der Waals surface area contributed by atoms with Gasteiger partial charge in [-0.1, -0.05) is 12.1 Å². The van der Waals surface area contributed by atoms with E-state index in [-0.39, 0.29) is 29.9 Å². The third kappa shape index (κ3) is 6.96. The van der Waals surface area contributed by atoms with Crippen molar-refractivity contribution in [3.8, 4) is 0 Å². The molecule has 3 heterocycles. The van der Waals surface area contributed by atoms with E-state index in [2.05, 4.69) is 20.6 Å². The number of sulfonamides is 1. The standard InChI is InChI=1S/C22H27ClN6O6S2/c1-36(32,33)28-10-8-17(9-11-28)26-22-25-13-16-4-7-20(31)29(21(16)27-22)14-19(30)24-12-15-2-5-18(6-3-15)37(23,34)35/h2-7,13,17,20,31H,8-12,14H2,1H3,(H,24,30)(H,25,26,27). The van der Waals surface area contributed by atoms with Crippen LogP contribution in [-0.4, -0.2) is 80.3 Å². The molecule has 0 spiro atoms. The fourth-order valence-corrected chi connectivity index (χ4v) is 5.73. The van der Waals surface area contributed by atoms with Gasteiger partial charge in [-0.15, -0.1) is 0 Å². The van der Waals surface area contributed by atoms with Crippen molar-refractivity contribution in [2.24, 2.45) is 0 Å². The molecule has 1 saturated heterocycles. The summed E-state index contributed by atoms with van der Waals surface area (Å²) in [6.45, 7) is 0.770. The van der Waals surface area contributed by atoms with Crippen LogP contribution in [0.5, 0.6) is 0 Å². The first-order chi connectivity index (χ1) is 17.4. The van der Waals surface area contributed by atoms with E-state index in [9.17, 15) is 26.7 Å². The van der Waals surface area contributed by atoms with Gasteiger partial charge in [-0.25, -0.2) is 26.1 Å². The number of anilines is 2. The smallest absolute Gasteiger partial charge is 0.261 e. The highest BCUT2D eigenvalue weighted by atomic mass is 35.7. The zero-order chi connectivity index (χ0) is 26.8. The second-order valence-corrected chi connectivity index (χ2v) is 13.4. The van der Waals surface area contributed by atoms with Crippen molar-refractivity contribution in [2.45, 2.75) is 36.6 Å². The van der Waals surface area contributed by atoms with Crippen molar-refractivity contribution >= 4 is 53.5 Å². The number of carbonyl (C=O) groups excluding carboxylic acids is 1. The van der Waals surface area contributed by atoms with E-state index in [1.165, 1.54) is 33.7 Å². The number of halogens is 1. The van der Waals surface area contributed by atoms with Gasteiger partial charge in [-0.05, 0) is 42.7 Å². The van der Waals surface area contributed by atoms with Crippen molar-refractivity contribution in [3.63, 3.8) is 0 Å². The predicted octanol–water partition coefficient (Wildman–Crippen LogP) is 0.708. The van der Waals surface area contributed by atoms with Gasteiger partial charge in [0.15, 0.2) is 0 Å². The second-order valence-electron chi connectivity index (χ2n) is 8.81. The average molecular weight is 571 g/mol. The summed E-state index contributed by atoms with van der Waals surface area (Å²) >= 11 is 0. The quantitative estimate of drug-likeness (QED) is 0.385. The van der Waals surface area contributed by atoms with Crippen LogP contribution in [0.15, 0.2) is 41.4 Å². The molecule has 0 bridgehead atoms. The van der Waals surface area contributed by atoms with Crippen LogP contribution in [0.3, 0.4) is 0 Å². The molecule has 1 amide bonds. The van der Waals surface area contributed by atoms with E-state index in [0.29, 0.717) is 48.8 Å². The molecule has 0 aliphatic carbocycles. The summed E-state index contributed by atoms with van der Waals surface area (Å²) in [6, 6.07) is 5.80. The number of nitrogens with zero attached hydrogens (tertiary/aromatic N) is 4. The number of aromatic nitrogens is 2. The average Bonchev–Trinajstić information content (AvgIpc) is 2.84. The minimum Gasteiger partial charge on any atom is -0.370 e. The van der Waals surface area contributed by atoms with Gasteiger partial charge in [0.1, 0.15) is 18.6 Å². The summed E-state index contributed by atoms with van der Waals surface area (Å²) in [5.41, 5.74) is 1.31. The summed E-state index contributed by atoms with van der Waals surface area (Å²) < 4.78 is 47.6. The molecule has 2 aliphatic rings. The van der Waals surface area contributed by atoms with Crippen LogP contribution in [0.1, 0.15) is 24.0 Å². The molecule has 0 saturated carbocycles. The lowest BCUT2D eigenvalue weighted by molar-refractivity contribution is -0.120. The maximum atomic E-state index is 12.7. The highest BCUT2D eigenvalue weighted by Crippen LogP contribution is 2.27. The molecule has 0 radical (unpaired) electrons. The van der Waals surface area contributed by atoms with Gasteiger partial charge >= 0.3 is 0 Å². The van der Waals surface area contributed by atoms with Crippen LogP contribution in [-0.2, 0) is 30.4 Å². The fraction of sp³-hybridized carbons (Fsp3) is 0.409. The van der Waals surface area contributed by atoms with Crippen molar-refractivity contribution in [3.05, 3.63) is 47.7 Å². The van der Waals surface area contributed by atoms with Crippen LogP contribution in [0.4, 0.5) is 11.8 Å². The molecule has 1 fully saturated rings. The monoisotopic (exact) mass is 570 g/mol. The number of nitrogens with one attached hydrogen (secondary N) is 2. The Morgan fingerprint density at radius 3 is 2.46 bits per heavy atom. The Morgan fingerprint density at radius 1 is 1.16 bits per heavy atom. The first-order valence-corrected chi connectivity index (χ1v) is 15.6. The van der Waals surface area contributed by atoms with Gasteiger partial charge in [0.2, 0.25) is 21.9 Å². The molecule has 2 aliphatic heterocycles. The largest absolute Gasteiger partial charge is 0.370 e. The molecule has 1 atom stereocenters. The number of rotatable bonds is 8. The maximum absolute atomic E-state index is 12.7. The van der Waals surface area contributed by atoms with Crippen molar-refractivity contribution in [1.29, 1.82) is 0 Å². The van der Waals surface area contributed by atoms with E-state index in [1.807, 2.05) is 0 Å². The Morgan fingerprint density at radius 2 is 1.84 bits per heavy atom. The van der Waals surface area contributed by atoms with Gasteiger partial charge in [-0.3, -0.25) is 4.79 Å². The number of aliphatic hydroxyl groups is 1. The van der Waals surface area contributed by atoms with Gasteiger partial charge < -0.3 is 20.6 Å². The normalized spacial score (nSPS) is 18.9. The van der Waals surface area contributed by atoms with Crippen LogP contribution in [0.25, 0.3) is 6.08 Å². The highest BCUT2D eigenvalue weighted by Gasteiger charge is 2.28. The maximum Gasteiger partial charge on any atom is 0.261 e. The molecule has 12 nitrogen and oxygen atoms in total. The molecule has 4 rings (SSSR count). The van der Waals surface area contributed by atoms with E-state index < -0.39 is 25.3 Å². The number of hydrogen-bond donors (Lipinski definition) is 3. The number of benzene rings is 1. The minimum atomic E-state index is -3.83. The van der Waals surface area contributed by atoms with Crippen molar-refractivity contribution in [2.75, 3.05) is 36.1 Å². The number of aliphatic hydroxyl groups excluding tert-OH is 1. The molecular weight excluding hydrogens is 544 g/mol. The summed E-state index contributed by atoms with van der Waals surface area (Å²) in [4.78, 5) is 22.9. The predicted molar refractivity (Wildman–Crippen MR) is 139 cm³/mol. The number of fused-ring (bicyclic) bond motifs is 1. The summed E-state index contributed by atoms with van der Waals surface area (Å²) in [5, 5.41) is 16.5. The topological polar surface area (TPSA) is 162 Å². The molecule has 15 heteroatoms. The lowest BCUT2D eigenvalue weighted by Gasteiger charge is -2.32. The Hall–Kier alpha value is -2.78. The Kier molecular flexibility index (Phi) is 8.04. The first kappa shape index (κ1) is 27.3. The van der Waals surface area contributed by atoms with Crippen LogP contribution in [0, 0.1) is 0 Å². The van der Waals surface area contributed by atoms with Crippen LogP contribution in [0.2, 0.25) is 0 Å². The van der Waals surface area contributed by atoms with Crippen LogP contribution >= 0.6 is 10.7 Å². The van der Waals surface area contributed by atoms with Crippen molar-refractivity contribution in [1.82, 2.24) is 19.6 Å². The number of carbonyl (C=O) groups is 1. The summed E-state index contributed by atoms with van der Waals surface area (Å²) in [7, 11) is -1.73. The molecule has 3 N–H and O–H groups in total. The molecule has 1 unspecified atom stereocenters. The SMILES string of the molecule is CS(=O)(=O)N1CCC(Nc2ncc3c(n2)N(CC(=O)NCc2ccc(S(=O)(=O)Cl)cc2)C(O)C=C3)CC1. The number of hydrogen-bond acceptors (Lipinski definition) is 10. The van der Waals surface area contributed by atoms with Crippen molar-refractivity contribution < 1.29 is 26.7 Å². The van der Waals surface area contributed by atoms with E-state index in [4.69, 9.17) is 10.7 Å². The van der Waals surface area contributed by atoms with Gasteiger partial charge in [0.05, 0.1) is 11.2 Å².